The van der Waals surface area contributed by atoms with Crippen LogP contribution in [0.3, 0.4) is 0 Å². The van der Waals surface area contributed by atoms with E-state index in [1.807, 2.05) is 19.1 Å². The van der Waals surface area contributed by atoms with Gasteiger partial charge in [0.25, 0.3) is 0 Å². The number of hydrogen-bond donors (Lipinski definition) is 2. The van der Waals surface area contributed by atoms with Gasteiger partial charge in [-0.25, -0.2) is 4.79 Å². The van der Waals surface area contributed by atoms with Crippen molar-refractivity contribution in [3.63, 3.8) is 0 Å². The van der Waals surface area contributed by atoms with Crippen LogP contribution in [0.15, 0.2) is 12.1 Å². The minimum atomic E-state index is -0.334. The predicted octanol–water partition coefficient (Wildman–Crippen LogP) is 1.98. The predicted molar refractivity (Wildman–Crippen MR) is 109 cm³/mol. The first kappa shape index (κ1) is 21.1. The van der Waals surface area contributed by atoms with Crippen LogP contribution in [-0.4, -0.2) is 64.3 Å². The zero-order valence-electron chi connectivity index (χ0n) is 17.6. The van der Waals surface area contributed by atoms with Crippen LogP contribution >= 0.6 is 0 Å². The van der Waals surface area contributed by atoms with Crippen molar-refractivity contribution in [3.05, 3.63) is 17.7 Å². The van der Waals surface area contributed by atoms with Crippen molar-refractivity contribution in [2.24, 2.45) is 11.8 Å². The Labute approximate surface area is 171 Å². The summed E-state index contributed by atoms with van der Waals surface area (Å²) in [7, 11) is 4.69. The Morgan fingerprint density at radius 3 is 2.21 bits per heavy atom. The highest BCUT2D eigenvalue weighted by Gasteiger charge is 2.41. The highest BCUT2D eigenvalue weighted by atomic mass is 16.5. The maximum absolute atomic E-state index is 13.0. The molecule has 1 saturated heterocycles. The fraction of sp³-hybridized carbons (Fsp3) is 0.619. The van der Waals surface area contributed by atoms with Crippen LogP contribution in [0.25, 0.3) is 0 Å². The first-order chi connectivity index (χ1) is 14.0. The Balaban J connectivity index is 1.89. The maximum Gasteiger partial charge on any atom is 0.317 e. The Morgan fingerprint density at radius 1 is 1.03 bits per heavy atom. The summed E-state index contributed by atoms with van der Waals surface area (Å²) < 4.78 is 16.4. The monoisotopic (exact) mass is 405 g/mol. The molecule has 0 bridgehead atoms. The number of ether oxygens (including phenoxy) is 3. The molecule has 2 fully saturated rings. The number of methoxy groups -OCH3 is 3. The molecule has 0 unspecified atom stereocenters. The Bertz CT molecular complexity index is 725. The first-order valence-corrected chi connectivity index (χ1v) is 10.1. The minimum Gasteiger partial charge on any atom is -0.493 e. The van der Waals surface area contributed by atoms with Gasteiger partial charge in [0.15, 0.2) is 11.5 Å². The SMILES string of the molecule is CCNC(=O)N1C[C@H](c2cc(OC)c(OC)c(OC)c2)[C@H](C(=O)NCC2CC2)C1. The van der Waals surface area contributed by atoms with Crippen molar-refractivity contribution in [3.8, 4) is 17.2 Å². The van der Waals surface area contributed by atoms with E-state index in [1.54, 1.807) is 26.2 Å². The number of nitrogens with zero attached hydrogens (tertiary/aromatic N) is 1. The number of hydrogen-bond acceptors (Lipinski definition) is 5. The minimum absolute atomic E-state index is 0.0116. The fourth-order valence-corrected chi connectivity index (χ4v) is 3.85. The Kier molecular flexibility index (Phi) is 6.71. The summed E-state index contributed by atoms with van der Waals surface area (Å²) in [6, 6.07) is 3.59. The molecule has 1 aromatic carbocycles. The van der Waals surface area contributed by atoms with E-state index in [0.717, 1.165) is 5.56 Å². The normalized spacial score (nSPS) is 20.9. The molecule has 1 saturated carbocycles. The molecule has 29 heavy (non-hydrogen) atoms. The second-order valence-corrected chi connectivity index (χ2v) is 7.60. The van der Waals surface area contributed by atoms with Crippen molar-refractivity contribution < 1.29 is 23.8 Å². The molecular weight excluding hydrogens is 374 g/mol. The van der Waals surface area contributed by atoms with Gasteiger partial charge in [0.1, 0.15) is 0 Å². The lowest BCUT2D eigenvalue weighted by Crippen LogP contribution is -2.40. The third-order valence-corrected chi connectivity index (χ3v) is 5.65. The molecule has 1 heterocycles. The van der Waals surface area contributed by atoms with Crippen molar-refractivity contribution in [2.45, 2.75) is 25.7 Å². The lowest BCUT2D eigenvalue weighted by Gasteiger charge is -2.21. The topological polar surface area (TPSA) is 89.1 Å². The molecule has 0 radical (unpaired) electrons. The van der Waals surface area contributed by atoms with Gasteiger partial charge in [-0.2, -0.15) is 0 Å². The molecule has 1 aromatic rings. The average molecular weight is 405 g/mol. The molecule has 0 spiro atoms. The van der Waals surface area contributed by atoms with Crippen LogP contribution in [-0.2, 0) is 4.79 Å². The van der Waals surface area contributed by atoms with E-state index in [2.05, 4.69) is 10.6 Å². The summed E-state index contributed by atoms with van der Waals surface area (Å²) in [6.07, 6.45) is 2.35. The summed E-state index contributed by atoms with van der Waals surface area (Å²) in [5, 5.41) is 5.90. The van der Waals surface area contributed by atoms with Gasteiger partial charge < -0.3 is 29.7 Å². The number of carbonyl (C=O) groups excluding carboxylic acids is 2. The van der Waals surface area contributed by atoms with Gasteiger partial charge in [-0.05, 0) is 43.4 Å². The van der Waals surface area contributed by atoms with Gasteiger partial charge >= 0.3 is 6.03 Å². The molecule has 8 nitrogen and oxygen atoms in total. The van der Waals surface area contributed by atoms with E-state index >= 15 is 0 Å². The van der Waals surface area contributed by atoms with Crippen LogP contribution in [0.4, 0.5) is 4.79 Å². The van der Waals surface area contributed by atoms with Gasteiger partial charge in [-0.1, -0.05) is 0 Å². The Hall–Kier alpha value is -2.64. The molecule has 2 aliphatic rings. The van der Waals surface area contributed by atoms with Crippen molar-refractivity contribution in [1.82, 2.24) is 15.5 Å². The summed E-state index contributed by atoms with van der Waals surface area (Å²) >= 11 is 0. The van der Waals surface area contributed by atoms with Gasteiger partial charge in [0.2, 0.25) is 11.7 Å². The second kappa shape index (κ2) is 9.24. The summed E-state index contributed by atoms with van der Waals surface area (Å²) in [4.78, 5) is 27.1. The molecular formula is C21H31N3O5. The molecule has 0 aromatic heterocycles. The van der Waals surface area contributed by atoms with Crippen LogP contribution < -0.4 is 24.8 Å². The number of rotatable bonds is 8. The highest BCUT2D eigenvalue weighted by molar-refractivity contribution is 5.83. The van der Waals surface area contributed by atoms with E-state index in [-0.39, 0.29) is 23.8 Å². The number of benzene rings is 1. The second-order valence-electron chi connectivity index (χ2n) is 7.60. The molecule has 2 N–H and O–H groups in total. The van der Waals surface area contributed by atoms with E-state index < -0.39 is 0 Å². The first-order valence-electron chi connectivity index (χ1n) is 10.1. The third-order valence-electron chi connectivity index (χ3n) is 5.65. The largest absolute Gasteiger partial charge is 0.493 e. The van der Waals surface area contributed by atoms with Crippen LogP contribution in [0.1, 0.15) is 31.2 Å². The number of likely N-dealkylation sites (tertiary alicyclic amines) is 1. The number of carbonyl (C=O) groups is 2. The number of nitrogens with one attached hydrogen (secondary N) is 2. The molecule has 2 atom stereocenters. The molecule has 160 valence electrons. The fourth-order valence-electron chi connectivity index (χ4n) is 3.85. The molecule has 3 rings (SSSR count). The average Bonchev–Trinajstić information content (AvgIpc) is 3.46. The van der Waals surface area contributed by atoms with Crippen LogP contribution in [0.5, 0.6) is 17.2 Å². The van der Waals surface area contributed by atoms with E-state index in [4.69, 9.17) is 14.2 Å². The quantitative estimate of drug-likeness (QED) is 0.690. The zero-order valence-corrected chi connectivity index (χ0v) is 17.6. The van der Waals surface area contributed by atoms with Crippen LogP contribution in [0, 0.1) is 11.8 Å². The zero-order chi connectivity index (χ0) is 21.0. The highest BCUT2D eigenvalue weighted by Crippen LogP contribution is 2.43. The number of urea groups is 1. The maximum atomic E-state index is 13.0. The third kappa shape index (κ3) is 4.68. The number of amides is 3. The van der Waals surface area contributed by atoms with E-state index in [0.29, 0.717) is 49.3 Å². The van der Waals surface area contributed by atoms with Crippen molar-refractivity contribution >= 4 is 11.9 Å². The Morgan fingerprint density at radius 2 is 1.69 bits per heavy atom. The summed E-state index contributed by atoms with van der Waals surface area (Å²) in [6.45, 7) is 3.96. The van der Waals surface area contributed by atoms with Crippen LogP contribution in [0.2, 0.25) is 0 Å². The summed E-state index contributed by atoms with van der Waals surface area (Å²) in [5.74, 6) is 1.67. The van der Waals surface area contributed by atoms with Gasteiger partial charge in [0.05, 0.1) is 27.2 Å². The standard InChI is InChI=1S/C21H31N3O5/c1-5-22-21(26)24-11-15(16(12-24)20(25)23-10-13-6-7-13)14-8-17(27-2)19(29-4)18(9-14)28-3/h8-9,13,15-16H,5-7,10-12H2,1-4H3,(H,22,26)(H,23,25)/t15-,16-/m1/s1. The van der Waals surface area contributed by atoms with Gasteiger partial charge in [-0.3, -0.25) is 4.79 Å². The van der Waals surface area contributed by atoms with Gasteiger partial charge in [0, 0.05) is 32.1 Å². The lowest BCUT2D eigenvalue weighted by molar-refractivity contribution is -0.125. The van der Waals surface area contributed by atoms with E-state index in [1.165, 1.54) is 12.8 Å². The molecule has 3 amide bonds. The van der Waals surface area contributed by atoms with Crippen molar-refractivity contribution in [1.29, 1.82) is 0 Å². The molecule has 1 aliphatic carbocycles. The van der Waals surface area contributed by atoms with E-state index in [9.17, 15) is 9.59 Å². The lowest BCUT2D eigenvalue weighted by atomic mass is 9.88. The molecule has 8 heteroatoms. The molecule has 1 aliphatic heterocycles. The van der Waals surface area contributed by atoms with Gasteiger partial charge in [-0.15, -0.1) is 0 Å². The van der Waals surface area contributed by atoms with Crippen molar-refractivity contribution in [2.75, 3.05) is 47.5 Å². The summed E-state index contributed by atoms with van der Waals surface area (Å²) in [5.41, 5.74) is 0.887. The smallest absolute Gasteiger partial charge is 0.317 e.